The van der Waals surface area contributed by atoms with Crippen LogP contribution in [0.3, 0.4) is 0 Å². The van der Waals surface area contributed by atoms with E-state index in [-0.39, 0.29) is 5.76 Å². The molecule has 38 heavy (non-hydrogen) atoms. The number of rotatable bonds is 5. The third kappa shape index (κ3) is 5.05. The molecule has 2 aromatic carbocycles. The van der Waals surface area contributed by atoms with Crippen LogP contribution in [0.5, 0.6) is 0 Å². The lowest BCUT2D eigenvalue weighted by Crippen LogP contribution is -2.37. The molecule has 3 aromatic rings. The molecule has 2 atom stereocenters. The standard InChI is InChI=1S/C28H21Cl3N4O3/c1-35(2)28(37)34-24-21-13-20(15-5-7-17(29)8-6-15)23(19-10-9-18(30)12-22(19)31)33-27(21)38-26(24)25(36)16-4-3-11-32-14-16/h3-14,21,27H,1-2H3,(H,34,37). The number of benzene rings is 2. The summed E-state index contributed by atoms with van der Waals surface area (Å²) in [5.41, 5.74) is 3.41. The largest absolute Gasteiger partial charge is 0.462 e. The first-order chi connectivity index (χ1) is 18.2. The van der Waals surface area contributed by atoms with Gasteiger partial charge in [0.2, 0.25) is 12.0 Å². The van der Waals surface area contributed by atoms with Crippen LogP contribution in [0, 0.1) is 5.92 Å². The van der Waals surface area contributed by atoms with E-state index in [0.29, 0.717) is 37.6 Å². The maximum atomic E-state index is 13.5. The summed E-state index contributed by atoms with van der Waals surface area (Å²) in [6.45, 7) is 0. The lowest BCUT2D eigenvalue weighted by molar-refractivity contribution is 0.0832. The highest BCUT2D eigenvalue weighted by Crippen LogP contribution is 2.41. The molecule has 1 N–H and O–H groups in total. The molecule has 5 rings (SSSR count). The Hall–Kier alpha value is -3.65. The van der Waals surface area contributed by atoms with E-state index in [9.17, 15) is 9.59 Å². The summed E-state index contributed by atoms with van der Waals surface area (Å²) in [5.74, 6) is -0.971. The number of carbonyl (C=O) groups is 2. The van der Waals surface area contributed by atoms with Crippen molar-refractivity contribution in [1.82, 2.24) is 15.2 Å². The number of hydrogen-bond acceptors (Lipinski definition) is 5. The van der Waals surface area contributed by atoms with Crippen LogP contribution in [-0.2, 0) is 4.74 Å². The van der Waals surface area contributed by atoms with E-state index in [0.717, 1.165) is 11.1 Å². The van der Waals surface area contributed by atoms with Crippen LogP contribution in [0.2, 0.25) is 15.1 Å². The Labute approximate surface area is 234 Å². The molecule has 0 aliphatic carbocycles. The zero-order valence-corrected chi connectivity index (χ0v) is 22.6. The van der Waals surface area contributed by atoms with Gasteiger partial charge in [-0.2, -0.15) is 0 Å². The first-order valence-corrected chi connectivity index (χ1v) is 12.7. The van der Waals surface area contributed by atoms with Gasteiger partial charge in [0.15, 0.2) is 5.76 Å². The number of Topliss-reactive ketones (excluding diaryl/α,β-unsaturated/α-hetero) is 1. The highest BCUT2D eigenvalue weighted by molar-refractivity contribution is 6.42. The highest BCUT2D eigenvalue weighted by Gasteiger charge is 2.43. The summed E-state index contributed by atoms with van der Waals surface area (Å²) in [6.07, 6.45) is 4.13. The fraction of sp³-hybridized carbons (Fsp3) is 0.143. The van der Waals surface area contributed by atoms with E-state index in [4.69, 9.17) is 44.5 Å². The summed E-state index contributed by atoms with van der Waals surface area (Å²) < 4.78 is 6.14. The number of fused-ring (bicyclic) bond motifs is 1. The number of nitrogens with zero attached hydrogens (tertiary/aromatic N) is 3. The van der Waals surface area contributed by atoms with Crippen molar-refractivity contribution in [2.45, 2.75) is 6.23 Å². The minimum atomic E-state index is -0.819. The van der Waals surface area contributed by atoms with Crippen molar-refractivity contribution in [2.75, 3.05) is 14.1 Å². The van der Waals surface area contributed by atoms with Gasteiger partial charge < -0.3 is 15.0 Å². The monoisotopic (exact) mass is 566 g/mol. The average Bonchev–Trinajstić information content (AvgIpc) is 3.25. The number of urea groups is 1. The molecule has 0 radical (unpaired) electrons. The van der Waals surface area contributed by atoms with Gasteiger partial charge in [-0.3, -0.25) is 9.78 Å². The minimum Gasteiger partial charge on any atom is -0.462 e. The third-order valence-corrected chi connectivity index (χ3v) is 6.90. The molecule has 0 saturated carbocycles. The van der Waals surface area contributed by atoms with E-state index in [1.54, 1.807) is 62.8 Å². The molecule has 0 saturated heterocycles. The predicted molar refractivity (Wildman–Crippen MR) is 149 cm³/mol. The quantitative estimate of drug-likeness (QED) is 0.369. The molecule has 2 aliphatic heterocycles. The van der Waals surface area contributed by atoms with Crippen LogP contribution < -0.4 is 5.32 Å². The Bertz CT molecular complexity index is 1520. The second-order valence-electron chi connectivity index (χ2n) is 8.86. The number of ether oxygens (including phenoxy) is 1. The molecule has 2 aliphatic rings. The number of aliphatic imine (C=N–C) groups is 1. The van der Waals surface area contributed by atoms with E-state index in [1.807, 2.05) is 18.2 Å². The van der Waals surface area contributed by atoms with Crippen LogP contribution in [-0.4, -0.2) is 47.7 Å². The molecule has 10 heteroatoms. The van der Waals surface area contributed by atoms with Crippen LogP contribution in [0.15, 0.2) is 89.5 Å². The van der Waals surface area contributed by atoms with E-state index < -0.39 is 24.0 Å². The van der Waals surface area contributed by atoms with Crippen molar-refractivity contribution in [1.29, 1.82) is 0 Å². The zero-order chi connectivity index (χ0) is 27.0. The average molecular weight is 568 g/mol. The summed E-state index contributed by atoms with van der Waals surface area (Å²) in [4.78, 5) is 36.5. The first-order valence-electron chi connectivity index (χ1n) is 11.6. The van der Waals surface area contributed by atoms with E-state index in [2.05, 4.69) is 10.3 Å². The number of hydrogen-bond donors (Lipinski definition) is 1. The summed E-state index contributed by atoms with van der Waals surface area (Å²) >= 11 is 18.9. The predicted octanol–water partition coefficient (Wildman–Crippen LogP) is 6.27. The Morgan fingerprint density at radius 3 is 2.39 bits per heavy atom. The van der Waals surface area contributed by atoms with Gasteiger partial charge in [-0.25, -0.2) is 9.79 Å². The molecule has 2 amide bonds. The van der Waals surface area contributed by atoms with Gasteiger partial charge >= 0.3 is 6.03 Å². The molecule has 192 valence electrons. The minimum absolute atomic E-state index is 0.00195. The molecule has 7 nitrogen and oxygen atoms in total. The van der Waals surface area contributed by atoms with Crippen molar-refractivity contribution in [3.63, 3.8) is 0 Å². The third-order valence-electron chi connectivity index (χ3n) is 6.10. The van der Waals surface area contributed by atoms with Gasteiger partial charge in [-0.05, 0) is 48.0 Å². The lowest BCUT2D eigenvalue weighted by atomic mass is 9.88. The smallest absolute Gasteiger partial charge is 0.321 e. The summed E-state index contributed by atoms with van der Waals surface area (Å²) in [5, 5.41) is 4.33. The van der Waals surface area contributed by atoms with Gasteiger partial charge in [0.1, 0.15) is 0 Å². The van der Waals surface area contributed by atoms with Crippen LogP contribution >= 0.6 is 34.8 Å². The highest BCUT2D eigenvalue weighted by atomic mass is 35.5. The molecular formula is C28H21Cl3N4O3. The molecule has 3 heterocycles. The van der Waals surface area contributed by atoms with Crippen molar-refractivity contribution < 1.29 is 14.3 Å². The normalized spacial score (nSPS) is 18.2. The first kappa shape index (κ1) is 26.0. The molecule has 0 bridgehead atoms. The lowest BCUT2D eigenvalue weighted by Gasteiger charge is -2.25. The van der Waals surface area contributed by atoms with Gasteiger partial charge in [0, 0.05) is 53.2 Å². The zero-order valence-electron chi connectivity index (χ0n) is 20.3. The van der Waals surface area contributed by atoms with Crippen LogP contribution in [0.25, 0.3) is 5.57 Å². The topological polar surface area (TPSA) is 83.9 Å². The molecule has 0 fully saturated rings. The summed E-state index contributed by atoms with van der Waals surface area (Å²) in [7, 11) is 3.22. The van der Waals surface area contributed by atoms with Gasteiger partial charge in [-0.1, -0.05) is 53.0 Å². The van der Waals surface area contributed by atoms with E-state index in [1.165, 1.54) is 11.1 Å². The van der Waals surface area contributed by atoms with Gasteiger partial charge in [-0.15, -0.1) is 0 Å². The number of ketones is 1. The Balaban J connectivity index is 1.66. The molecule has 0 spiro atoms. The number of aromatic nitrogens is 1. The number of nitrogens with one attached hydrogen (secondary N) is 1. The second-order valence-corrected chi connectivity index (χ2v) is 10.1. The number of carbonyl (C=O) groups excluding carboxylic acids is 2. The van der Waals surface area contributed by atoms with Crippen molar-refractivity contribution in [3.8, 4) is 0 Å². The number of halogens is 3. The van der Waals surface area contributed by atoms with E-state index >= 15 is 0 Å². The fourth-order valence-corrected chi connectivity index (χ4v) is 4.83. The molecular weight excluding hydrogens is 547 g/mol. The Kier molecular flexibility index (Phi) is 7.25. The van der Waals surface area contributed by atoms with Gasteiger partial charge in [0.25, 0.3) is 0 Å². The number of allylic oxidation sites excluding steroid dienone is 2. The Morgan fingerprint density at radius 2 is 1.74 bits per heavy atom. The number of dihydropyridines is 1. The van der Waals surface area contributed by atoms with Crippen molar-refractivity contribution >= 4 is 57.9 Å². The summed E-state index contributed by atoms with van der Waals surface area (Å²) in [6, 6.07) is 15.3. The number of pyridine rings is 1. The van der Waals surface area contributed by atoms with Crippen LogP contribution in [0.1, 0.15) is 21.5 Å². The Morgan fingerprint density at radius 1 is 1.00 bits per heavy atom. The SMILES string of the molecule is CN(C)C(=O)NC1=C(C(=O)c2cccnc2)OC2N=C(c3ccc(Cl)cc3Cl)C(c3ccc(Cl)cc3)=CC12. The fourth-order valence-electron chi connectivity index (χ4n) is 4.21. The maximum absolute atomic E-state index is 13.5. The van der Waals surface area contributed by atoms with Crippen molar-refractivity contribution in [2.24, 2.45) is 10.9 Å². The second kappa shape index (κ2) is 10.6. The maximum Gasteiger partial charge on any atom is 0.321 e. The molecule has 1 aromatic heterocycles. The number of amides is 2. The van der Waals surface area contributed by atoms with Crippen molar-refractivity contribution in [3.05, 3.63) is 116 Å². The van der Waals surface area contributed by atoms with Gasteiger partial charge in [0.05, 0.1) is 22.3 Å². The molecule has 2 unspecified atom stereocenters. The van der Waals surface area contributed by atoms with Crippen LogP contribution in [0.4, 0.5) is 4.79 Å².